The summed E-state index contributed by atoms with van der Waals surface area (Å²) in [4.78, 5) is 12.6. The lowest BCUT2D eigenvalue weighted by Gasteiger charge is -2.53. The molecule has 170 valence electrons. The average Bonchev–Trinajstić information content (AvgIpc) is 3.25. The van der Waals surface area contributed by atoms with E-state index < -0.39 is 0 Å². The van der Waals surface area contributed by atoms with E-state index in [1.165, 1.54) is 6.42 Å². The van der Waals surface area contributed by atoms with Gasteiger partial charge in [0.2, 0.25) is 11.7 Å². The predicted octanol–water partition coefficient (Wildman–Crippen LogP) is 4.27. The molecule has 1 spiro atoms. The van der Waals surface area contributed by atoms with Crippen LogP contribution in [0.5, 0.6) is 17.2 Å². The van der Waals surface area contributed by atoms with E-state index in [0.29, 0.717) is 49.6 Å². The summed E-state index contributed by atoms with van der Waals surface area (Å²) in [5.41, 5.74) is 1.28. The van der Waals surface area contributed by atoms with Crippen LogP contribution in [0.4, 0.5) is 0 Å². The number of fused-ring (bicyclic) bond motifs is 2. The third-order valence-electron chi connectivity index (χ3n) is 8.47. The third kappa shape index (κ3) is 3.12. The first-order valence-electron chi connectivity index (χ1n) is 11.8. The minimum atomic E-state index is -0.0230. The van der Waals surface area contributed by atoms with Crippen molar-refractivity contribution in [2.24, 2.45) is 22.7 Å². The maximum atomic E-state index is 12.6. The number of methoxy groups -OCH3 is 1. The Morgan fingerprint density at radius 3 is 2.81 bits per heavy atom. The summed E-state index contributed by atoms with van der Waals surface area (Å²) in [6, 6.07) is 4.31. The van der Waals surface area contributed by atoms with Gasteiger partial charge >= 0.3 is 0 Å². The topological polar surface area (TPSA) is 66.0 Å². The molecule has 6 heteroatoms. The zero-order chi connectivity index (χ0) is 21.8. The van der Waals surface area contributed by atoms with E-state index in [4.69, 9.17) is 18.9 Å². The Morgan fingerprint density at radius 1 is 1.23 bits per heavy atom. The van der Waals surface area contributed by atoms with Crippen LogP contribution < -0.4 is 19.5 Å². The number of hydrogen-bond donors (Lipinski definition) is 1. The summed E-state index contributed by atoms with van der Waals surface area (Å²) in [5, 5.41) is 3.47. The first kappa shape index (κ1) is 20.9. The number of ether oxygens (including phenoxy) is 4. The van der Waals surface area contributed by atoms with Crippen LogP contribution in [-0.2, 0) is 9.53 Å². The number of hydrogen-bond acceptors (Lipinski definition) is 5. The van der Waals surface area contributed by atoms with Crippen LogP contribution in [0.15, 0.2) is 12.1 Å². The molecule has 3 fully saturated rings. The maximum absolute atomic E-state index is 12.6. The van der Waals surface area contributed by atoms with Crippen molar-refractivity contribution in [3.63, 3.8) is 0 Å². The molecule has 1 aromatic rings. The second-order valence-electron chi connectivity index (χ2n) is 10.3. The molecule has 0 unspecified atom stereocenters. The summed E-state index contributed by atoms with van der Waals surface area (Å²) in [5.74, 6) is 3.27. The van der Waals surface area contributed by atoms with Crippen molar-refractivity contribution in [1.82, 2.24) is 5.32 Å². The number of rotatable bonds is 5. The highest BCUT2D eigenvalue weighted by atomic mass is 16.6. The highest BCUT2D eigenvalue weighted by Gasteiger charge is 2.68. The van der Waals surface area contributed by atoms with Crippen molar-refractivity contribution < 1.29 is 23.7 Å². The number of benzene rings is 1. The summed E-state index contributed by atoms with van der Waals surface area (Å²) < 4.78 is 23.7. The van der Waals surface area contributed by atoms with Crippen molar-refractivity contribution in [3.05, 3.63) is 17.7 Å². The minimum Gasteiger partial charge on any atom is -0.493 e. The van der Waals surface area contributed by atoms with Crippen molar-refractivity contribution in [2.45, 2.75) is 65.0 Å². The van der Waals surface area contributed by atoms with E-state index in [2.05, 4.69) is 38.2 Å². The van der Waals surface area contributed by atoms with Gasteiger partial charge in [-0.15, -0.1) is 0 Å². The van der Waals surface area contributed by atoms with E-state index in [-0.39, 0.29) is 28.9 Å². The molecule has 1 N–H and O–H groups in total. The van der Waals surface area contributed by atoms with Crippen LogP contribution >= 0.6 is 0 Å². The van der Waals surface area contributed by atoms with E-state index in [9.17, 15) is 4.79 Å². The molecule has 2 aliphatic heterocycles. The molecule has 1 saturated heterocycles. The molecule has 5 atom stereocenters. The van der Waals surface area contributed by atoms with Gasteiger partial charge in [0.15, 0.2) is 11.5 Å². The van der Waals surface area contributed by atoms with Crippen LogP contribution in [0.1, 0.15) is 64.5 Å². The van der Waals surface area contributed by atoms with Gasteiger partial charge in [-0.3, -0.25) is 4.79 Å². The molecule has 0 aromatic heterocycles. The van der Waals surface area contributed by atoms with Crippen molar-refractivity contribution >= 4 is 5.91 Å². The Kier molecular flexibility index (Phi) is 5.11. The summed E-state index contributed by atoms with van der Waals surface area (Å²) in [7, 11) is 1.67. The fourth-order valence-corrected chi connectivity index (χ4v) is 7.04. The molecule has 6 nitrogen and oxygen atoms in total. The average molecular weight is 430 g/mol. The Hall–Kier alpha value is -1.95. The molecule has 2 aliphatic carbocycles. The molecular weight excluding hydrogens is 394 g/mol. The first-order chi connectivity index (χ1) is 14.9. The molecule has 0 radical (unpaired) electrons. The fraction of sp³-hybridized carbons (Fsp3) is 0.720. The second kappa shape index (κ2) is 7.58. The molecule has 1 amide bonds. The van der Waals surface area contributed by atoms with Gasteiger partial charge in [-0.25, -0.2) is 0 Å². The lowest BCUT2D eigenvalue weighted by Crippen LogP contribution is -2.58. The van der Waals surface area contributed by atoms with E-state index in [0.717, 1.165) is 30.6 Å². The second-order valence-corrected chi connectivity index (χ2v) is 10.3. The molecule has 2 bridgehead atoms. The Morgan fingerprint density at radius 2 is 2.03 bits per heavy atom. The Bertz CT molecular complexity index is 850. The van der Waals surface area contributed by atoms with Crippen molar-refractivity contribution in [2.75, 3.05) is 26.9 Å². The zero-order valence-electron chi connectivity index (χ0n) is 19.2. The van der Waals surface area contributed by atoms with Gasteiger partial charge in [0, 0.05) is 19.1 Å². The van der Waals surface area contributed by atoms with E-state index in [1.54, 1.807) is 7.11 Å². The molecule has 2 heterocycles. The standard InChI is InChI=1S/C25H35NO5/c1-5-6-20(27)26-23-24(2,3)16-13-17-21(30-8-7-25(17,23)14-16)15-11-18(28-4)22-19(12-15)29-9-10-31-22/h11-12,16-17,21,23H,5-10,13-14H2,1-4H3,(H,26,27)/t16-,17-,21-,23+,25-/m1/s1. The van der Waals surface area contributed by atoms with Gasteiger partial charge in [0.05, 0.1) is 13.2 Å². The van der Waals surface area contributed by atoms with Gasteiger partial charge in [-0.1, -0.05) is 20.8 Å². The summed E-state index contributed by atoms with van der Waals surface area (Å²) in [6.07, 6.45) is 4.76. The van der Waals surface area contributed by atoms with Crippen LogP contribution in [0, 0.1) is 22.7 Å². The monoisotopic (exact) mass is 429 g/mol. The molecule has 1 aromatic carbocycles. The third-order valence-corrected chi connectivity index (χ3v) is 8.47. The highest BCUT2D eigenvalue weighted by Crippen LogP contribution is 2.70. The van der Waals surface area contributed by atoms with Gasteiger partial charge in [-0.2, -0.15) is 0 Å². The van der Waals surface area contributed by atoms with E-state index >= 15 is 0 Å². The Labute approximate surface area is 185 Å². The van der Waals surface area contributed by atoms with Crippen LogP contribution in [0.2, 0.25) is 0 Å². The normalized spacial score (nSPS) is 34.8. The minimum absolute atomic E-state index is 0.0230. The van der Waals surface area contributed by atoms with Gasteiger partial charge in [0.25, 0.3) is 0 Å². The Balaban J connectivity index is 1.50. The number of amides is 1. The summed E-state index contributed by atoms with van der Waals surface area (Å²) in [6.45, 7) is 8.53. The molecule has 2 saturated carbocycles. The summed E-state index contributed by atoms with van der Waals surface area (Å²) >= 11 is 0. The van der Waals surface area contributed by atoms with Gasteiger partial charge in [-0.05, 0) is 66.0 Å². The maximum Gasteiger partial charge on any atom is 0.220 e. The smallest absolute Gasteiger partial charge is 0.220 e. The SMILES string of the molecule is CCCC(=O)N[C@H]1C(C)(C)[C@@H]2C[C@@H]3[C@@H](c4cc(OC)c5c(c4)OCCO5)OCC[C@@]31C2. The number of carbonyl (C=O) groups is 1. The number of nitrogens with one attached hydrogen (secondary N) is 1. The molecule has 31 heavy (non-hydrogen) atoms. The van der Waals surface area contributed by atoms with Crippen molar-refractivity contribution in [3.8, 4) is 17.2 Å². The van der Waals surface area contributed by atoms with Gasteiger partial charge < -0.3 is 24.3 Å². The number of carbonyl (C=O) groups excluding carboxylic acids is 1. The lowest BCUT2D eigenvalue weighted by molar-refractivity contribution is -0.137. The molecular formula is C25H35NO5. The van der Waals surface area contributed by atoms with Crippen LogP contribution in [-0.4, -0.2) is 38.9 Å². The van der Waals surface area contributed by atoms with Crippen LogP contribution in [0.3, 0.4) is 0 Å². The van der Waals surface area contributed by atoms with Gasteiger partial charge in [0.1, 0.15) is 13.2 Å². The molecule has 4 aliphatic rings. The zero-order valence-corrected chi connectivity index (χ0v) is 19.2. The highest BCUT2D eigenvalue weighted by molar-refractivity contribution is 5.76. The molecule has 5 rings (SSSR count). The fourth-order valence-electron chi connectivity index (χ4n) is 7.04. The predicted molar refractivity (Wildman–Crippen MR) is 117 cm³/mol. The van der Waals surface area contributed by atoms with E-state index in [1.807, 2.05) is 0 Å². The quantitative estimate of drug-likeness (QED) is 0.757. The van der Waals surface area contributed by atoms with Crippen LogP contribution in [0.25, 0.3) is 0 Å². The lowest BCUT2D eigenvalue weighted by atomic mass is 9.58. The largest absolute Gasteiger partial charge is 0.493 e. The first-order valence-corrected chi connectivity index (χ1v) is 11.8. The van der Waals surface area contributed by atoms with Crippen molar-refractivity contribution in [1.29, 1.82) is 0 Å².